The van der Waals surface area contributed by atoms with Crippen LogP contribution >= 0.6 is 0 Å². The molecule has 1 amide bonds. The topological polar surface area (TPSA) is 90.9 Å². The number of carbonyl (C=O) groups excluding carboxylic acids is 3. The Morgan fingerprint density at radius 2 is 2.10 bits per heavy atom. The van der Waals surface area contributed by atoms with Crippen molar-refractivity contribution in [2.75, 3.05) is 20.8 Å². The zero-order valence-electron chi connectivity index (χ0n) is 11.6. The fourth-order valence-electron chi connectivity index (χ4n) is 1.77. The Balaban J connectivity index is 2.55. The highest BCUT2D eigenvalue weighted by atomic mass is 16.5. The van der Waals surface area contributed by atoms with E-state index in [1.807, 2.05) is 0 Å². The lowest BCUT2D eigenvalue weighted by atomic mass is 10.1. The molecule has 112 valence electrons. The Hall–Kier alpha value is -1.89. The lowest BCUT2D eigenvalue weighted by molar-refractivity contribution is -0.146. The summed E-state index contributed by atoms with van der Waals surface area (Å²) < 4.78 is 14.3. The van der Waals surface area contributed by atoms with Crippen molar-refractivity contribution in [3.8, 4) is 0 Å². The number of ether oxygens (including phenoxy) is 3. The summed E-state index contributed by atoms with van der Waals surface area (Å²) in [6, 6.07) is -0.849. The zero-order valence-corrected chi connectivity index (χ0v) is 11.6. The number of amides is 1. The van der Waals surface area contributed by atoms with E-state index in [-0.39, 0.29) is 12.3 Å². The number of esters is 2. The highest BCUT2D eigenvalue weighted by Crippen LogP contribution is 2.12. The zero-order chi connectivity index (χ0) is 15.0. The van der Waals surface area contributed by atoms with E-state index in [1.54, 1.807) is 0 Å². The molecule has 1 N–H and O–H groups in total. The van der Waals surface area contributed by atoms with Gasteiger partial charge in [0, 0.05) is 12.7 Å². The first kappa shape index (κ1) is 16.2. The maximum absolute atomic E-state index is 11.9. The van der Waals surface area contributed by atoms with Gasteiger partial charge >= 0.3 is 11.9 Å². The number of carbonyl (C=O) groups is 3. The van der Waals surface area contributed by atoms with Gasteiger partial charge < -0.3 is 19.5 Å². The van der Waals surface area contributed by atoms with Gasteiger partial charge in [0.1, 0.15) is 12.1 Å². The number of hydrogen-bond donors (Lipinski definition) is 1. The highest BCUT2D eigenvalue weighted by molar-refractivity contribution is 5.87. The van der Waals surface area contributed by atoms with E-state index < -0.39 is 24.1 Å². The summed E-state index contributed by atoms with van der Waals surface area (Å²) in [6.07, 6.45) is 3.71. The van der Waals surface area contributed by atoms with Gasteiger partial charge in [0.15, 0.2) is 0 Å². The van der Waals surface area contributed by atoms with Crippen LogP contribution in [0.3, 0.4) is 0 Å². The molecule has 20 heavy (non-hydrogen) atoms. The molecule has 0 bridgehead atoms. The molecule has 1 aliphatic heterocycles. The Morgan fingerprint density at radius 1 is 1.35 bits per heavy atom. The normalized spacial score (nSPS) is 19.6. The SMILES string of the molecule is COC(=O)/C=C/C[C@H](NC(=O)[C@@H]1CCCO1)C(=O)OC. The fraction of sp³-hybridized carbons (Fsp3) is 0.615. The fourth-order valence-corrected chi connectivity index (χ4v) is 1.77. The minimum absolute atomic E-state index is 0.139. The third kappa shape index (κ3) is 5.00. The average Bonchev–Trinajstić information content (AvgIpc) is 2.99. The lowest BCUT2D eigenvalue weighted by Gasteiger charge is -2.17. The molecule has 7 heteroatoms. The van der Waals surface area contributed by atoms with E-state index in [0.717, 1.165) is 6.42 Å². The third-order valence-electron chi connectivity index (χ3n) is 2.85. The summed E-state index contributed by atoms with van der Waals surface area (Å²) in [5, 5.41) is 2.56. The van der Waals surface area contributed by atoms with E-state index in [2.05, 4.69) is 14.8 Å². The minimum atomic E-state index is -0.849. The standard InChI is InChI=1S/C13H19NO6/c1-18-11(15)7-3-5-9(13(17)19-2)14-12(16)10-6-4-8-20-10/h3,7,9-10H,4-6,8H2,1-2H3,(H,14,16)/b7-3+/t9-,10-/m0/s1. The van der Waals surface area contributed by atoms with Crippen LogP contribution in [0.1, 0.15) is 19.3 Å². The minimum Gasteiger partial charge on any atom is -0.467 e. The summed E-state index contributed by atoms with van der Waals surface area (Å²) in [4.78, 5) is 34.4. The monoisotopic (exact) mass is 285 g/mol. The van der Waals surface area contributed by atoms with Crippen molar-refractivity contribution in [2.45, 2.75) is 31.4 Å². The smallest absolute Gasteiger partial charge is 0.330 e. The molecule has 1 aliphatic rings. The molecule has 7 nitrogen and oxygen atoms in total. The van der Waals surface area contributed by atoms with Gasteiger partial charge in [0.05, 0.1) is 14.2 Å². The molecule has 1 saturated heterocycles. The van der Waals surface area contributed by atoms with E-state index in [9.17, 15) is 14.4 Å². The molecular formula is C13H19NO6. The molecule has 0 aromatic heterocycles. The highest BCUT2D eigenvalue weighted by Gasteiger charge is 2.28. The molecule has 0 aliphatic carbocycles. The summed E-state index contributed by atoms with van der Waals surface area (Å²) in [5.74, 6) is -1.45. The molecule has 2 atom stereocenters. The molecule has 1 rings (SSSR count). The predicted octanol–water partition coefficient (Wildman–Crippen LogP) is -0.0575. The van der Waals surface area contributed by atoms with E-state index in [4.69, 9.17) is 4.74 Å². The van der Waals surface area contributed by atoms with Gasteiger partial charge in [0.25, 0.3) is 0 Å². The van der Waals surface area contributed by atoms with Crippen LogP contribution < -0.4 is 5.32 Å². The summed E-state index contributed by atoms with van der Waals surface area (Å²) in [6.45, 7) is 0.545. The quantitative estimate of drug-likeness (QED) is 0.543. The molecule has 0 aromatic rings. The molecule has 0 aromatic carbocycles. The third-order valence-corrected chi connectivity index (χ3v) is 2.85. The first-order chi connectivity index (χ1) is 9.58. The Morgan fingerprint density at radius 3 is 2.65 bits per heavy atom. The van der Waals surface area contributed by atoms with Gasteiger partial charge in [-0.2, -0.15) is 0 Å². The van der Waals surface area contributed by atoms with Crippen molar-refractivity contribution in [3.05, 3.63) is 12.2 Å². The molecular weight excluding hydrogens is 266 g/mol. The second-order valence-electron chi connectivity index (χ2n) is 4.25. The van der Waals surface area contributed by atoms with Crippen molar-refractivity contribution in [3.63, 3.8) is 0 Å². The van der Waals surface area contributed by atoms with Crippen LogP contribution in [-0.4, -0.2) is 50.8 Å². The summed E-state index contributed by atoms with van der Waals surface area (Å²) in [5.41, 5.74) is 0. The van der Waals surface area contributed by atoms with Crippen LogP contribution in [0.15, 0.2) is 12.2 Å². The van der Waals surface area contributed by atoms with Crippen molar-refractivity contribution in [2.24, 2.45) is 0 Å². The van der Waals surface area contributed by atoms with Gasteiger partial charge in [-0.25, -0.2) is 9.59 Å². The van der Waals surface area contributed by atoms with Gasteiger partial charge in [-0.1, -0.05) is 6.08 Å². The summed E-state index contributed by atoms with van der Waals surface area (Å²) in [7, 11) is 2.49. The van der Waals surface area contributed by atoms with Crippen molar-refractivity contribution >= 4 is 17.8 Å². The van der Waals surface area contributed by atoms with Crippen molar-refractivity contribution in [1.29, 1.82) is 0 Å². The van der Waals surface area contributed by atoms with Gasteiger partial charge in [-0.3, -0.25) is 4.79 Å². The molecule has 0 spiro atoms. The van der Waals surface area contributed by atoms with E-state index >= 15 is 0 Å². The van der Waals surface area contributed by atoms with Crippen LogP contribution in [0.4, 0.5) is 0 Å². The molecule has 0 saturated carbocycles. The Kier molecular flexibility index (Phi) is 6.72. The number of nitrogens with one attached hydrogen (secondary N) is 1. The van der Waals surface area contributed by atoms with E-state index in [0.29, 0.717) is 13.0 Å². The number of rotatable bonds is 6. The maximum atomic E-state index is 11.9. The number of hydrogen-bond acceptors (Lipinski definition) is 6. The van der Waals surface area contributed by atoms with Gasteiger partial charge in [0.2, 0.25) is 5.91 Å². The van der Waals surface area contributed by atoms with Crippen molar-refractivity contribution in [1.82, 2.24) is 5.32 Å². The predicted molar refractivity (Wildman–Crippen MR) is 68.7 cm³/mol. The molecule has 1 heterocycles. The van der Waals surface area contributed by atoms with Crippen LogP contribution in [0.25, 0.3) is 0 Å². The van der Waals surface area contributed by atoms with Crippen LogP contribution in [0, 0.1) is 0 Å². The second kappa shape index (κ2) is 8.31. The molecule has 1 fully saturated rings. The largest absolute Gasteiger partial charge is 0.467 e. The Labute approximate surface area is 117 Å². The Bertz CT molecular complexity index is 386. The van der Waals surface area contributed by atoms with Crippen molar-refractivity contribution < 1.29 is 28.6 Å². The average molecular weight is 285 g/mol. The lowest BCUT2D eigenvalue weighted by Crippen LogP contribution is -2.45. The van der Waals surface area contributed by atoms with Gasteiger partial charge in [-0.05, 0) is 19.3 Å². The van der Waals surface area contributed by atoms with Crippen LogP contribution in [-0.2, 0) is 28.6 Å². The maximum Gasteiger partial charge on any atom is 0.330 e. The van der Waals surface area contributed by atoms with E-state index in [1.165, 1.54) is 26.4 Å². The second-order valence-corrected chi connectivity index (χ2v) is 4.25. The first-order valence-electron chi connectivity index (χ1n) is 6.32. The van der Waals surface area contributed by atoms with Crippen LogP contribution in [0.2, 0.25) is 0 Å². The first-order valence-corrected chi connectivity index (χ1v) is 6.32. The van der Waals surface area contributed by atoms with Gasteiger partial charge in [-0.15, -0.1) is 0 Å². The summed E-state index contributed by atoms with van der Waals surface area (Å²) >= 11 is 0. The molecule has 0 unspecified atom stereocenters. The van der Waals surface area contributed by atoms with Crippen LogP contribution in [0.5, 0.6) is 0 Å². The number of methoxy groups -OCH3 is 2. The molecule has 0 radical (unpaired) electrons.